The van der Waals surface area contributed by atoms with Crippen molar-refractivity contribution in [3.05, 3.63) is 105 Å². The van der Waals surface area contributed by atoms with Gasteiger partial charge in [-0.3, -0.25) is 4.79 Å². The molecule has 0 saturated carbocycles. The fraction of sp³-hybridized carbons (Fsp3) is 0.120. The van der Waals surface area contributed by atoms with Crippen molar-refractivity contribution in [2.75, 3.05) is 5.32 Å². The van der Waals surface area contributed by atoms with Crippen molar-refractivity contribution < 1.29 is 4.79 Å². The third-order valence-corrected chi connectivity index (χ3v) is 5.30. The van der Waals surface area contributed by atoms with E-state index in [0.29, 0.717) is 32.7 Å². The molecule has 1 aliphatic rings. The van der Waals surface area contributed by atoms with Crippen LogP contribution in [0.2, 0.25) is 10.0 Å². The largest absolute Gasteiger partial charge is 0.322 e. The van der Waals surface area contributed by atoms with Gasteiger partial charge in [-0.2, -0.15) is 0 Å². The molecule has 0 saturated heterocycles. The van der Waals surface area contributed by atoms with Gasteiger partial charge in [-0.15, -0.1) is 0 Å². The van der Waals surface area contributed by atoms with Crippen molar-refractivity contribution in [1.29, 1.82) is 0 Å². The van der Waals surface area contributed by atoms with Crippen molar-refractivity contribution >= 4 is 46.2 Å². The summed E-state index contributed by atoms with van der Waals surface area (Å²) in [4.78, 5) is 17.7. The van der Waals surface area contributed by atoms with Crippen LogP contribution in [-0.4, -0.2) is 11.6 Å². The molecular formula is C25H22Cl2N2O. The maximum atomic E-state index is 12.9. The molecule has 5 heteroatoms. The van der Waals surface area contributed by atoms with Crippen LogP contribution in [0, 0.1) is 0 Å². The molecule has 0 radical (unpaired) electrons. The van der Waals surface area contributed by atoms with E-state index < -0.39 is 0 Å². The highest BCUT2D eigenvalue weighted by Gasteiger charge is 2.20. The van der Waals surface area contributed by atoms with Crippen LogP contribution < -0.4 is 5.32 Å². The zero-order valence-corrected chi connectivity index (χ0v) is 18.6. The Balaban J connectivity index is 1.99. The molecule has 2 aromatic carbocycles. The summed E-state index contributed by atoms with van der Waals surface area (Å²) >= 11 is 12.2. The van der Waals surface area contributed by atoms with Crippen LogP contribution in [0.1, 0.15) is 26.3 Å². The molecule has 0 heterocycles. The molecule has 1 aliphatic carbocycles. The maximum absolute atomic E-state index is 12.9. The van der Waals surface area contributed by atoms with Gasteiger partial charge in [0, 0.05) is 32.4 Å². The lowest BCUT2D eigenvalue weighted by atomic mass is 9.90. The van der Waals surface area contributed by atoms with Gasteiger partial charge in [0.15, 0.2) is 0 Å². The third kappa shape index (κ3) is 4.99. The van der Waals surface area contributed by atoms with Gasteiger partial charge in [-0.25, -0.2) is 4.99 Å². The van der Waals surface area contributed by atoms with Gasteiger partial charge in [-0.1, -0.05) is 59.6 Å². The summed E-state index contributed by atoms with van der Waals surface area (Å²) < 4.78 is 0. The molecule has 30 heavy (non-hydrogen) atoms. The number of rotatable bonds is 4. The molecule has 0 spiro atoms. The van der Waals surface area contributed by atoms with Gasteiger partial charge < -0.3 is 5.32 Å². The fourth-order valence-corrected chi connectivity index (χ4v) is 3.54. The number of allylic oxidation sites excluding steroid dienone is 5. The number of hydrogen-bond acceptors (Lipinski definition) is 2. The van der Waals surface area contributed by atoms with Gasteiger partial charge in [-0.05, 0) is 62.8 Å². The zero-order chi connectivity index (χ0) is 21.8. The van der Waals surface area contributed by atoms with Gasteiger partial charge in [0.2, 0.25) is 0 Å². The van der Waals surface area contributed by atoms with Crippen LogP contribution in [0.3, 0.4) is 0 Å². The van der Waals surface area contributed by atoms with Crippen molar-refractivity contribution in [3.63, 3.8) is 0 Å². The van der Waals surface area contributed by atoms with E-state index in [4.69, 9.17) is 28.2 Å². The molecular weight excluding hydrogens is 415 g/mol. The van der Waals surface area contributed by atoms with Gasteiger partial charge in [0.1, 0.15) is 0 Å². The summed E-state index contributed by atoms with van der Waals surface area (Å²) in [5, 5.41) is 4.10. The molecule has 2 aromatic rings. The number of hydrogen-bond donors (Lipinski definition) is 1. The number of nitrogens with one attached hydrogen (secondary N) is 1. The molecule has 0 atom stereocenters. The summed E-state index contributed by atoms with van der Waals surface area (Å²) in [5.74, 6) is -0.206. The van der Waals surface area contributed by atoms with Crippen LogP contribution in [0.4, 0.5) is 5.69 Å². The van der Waals surface area contributed by atoms with Gasteiger partial charge in [0.05, 0.1) is 11.4 Å². The highest BCUT2D eigenvalue weighted by atomic mass is 35.5. The summed E-state index contributed by atoms with van der Waals surface area (Å²) in [6, 6.07) is 14.4. The lowest BCUT2D eigenvalue weighted by molar-refractivity contribution is -0.112. The Hall–Kier alpha value is -2.88. The Labute approximate surface area is 187 Å². The number of halogens is 2. The molecule has 3 nitrogen and oxygen atoms in total. The predicted octanol–water partition coefficient (Wildman–Crippen LogP) is 7.27. The highest BCUT2D eigenvalue weighted by Crippen LogP contribution is 2.28. The number of anilines is 1. The molecule has 152 valence electrons. The molecule has 0 fully saturated rings. The summed E-state index contributed by atoms with van der Waals surface area (Å²) in [7, 11) is 0. The minimum Gasteiger partial charge on any atom is -0.322 e. The fourth-order valence-electron chi connectivity index (χ4n) is 3.17. The third-order valence-electron chi connectivity index (χ3n) is 4.72. The van der Waals surface area contributed by atoms with Crippen LogP contribution in [0.15, 0.2) is 94.5 Å². The minimum absolute atomic E-state index is 0.206. The first-order valence-electron chi connectivity index (χ1n) is 9.44. The average Bonchev–Trinajstić information content (AvgIpc) is 2.71. The average molecular weight is 437 g/mol. The van der Waals surface area contributed by atoms with E-state index in [9.17, 15) is 4.79 Å². The Morgan fingerprint density at radius 2 is 1.67 bits per heavy atom. The smallest absolute Gasteiger partial charge is 0.251 e. The number of nitrogens with zero attached hydrogens (tertiary/aromatic N) is 1. The van der Waals surface area contributed by atoms with E-state index in [0.717, 1.165) is 22.3 Å². The molecule has 1 N–H and O–H groups in total. The quantitative estimate of drug-likeness (QED) is 0.502. The minimum atomic E-state index is -0.206. The second kappa shape index (κ2) is 9.29. The Bertz CT molecular complexity index is 1140. The monoisotopic (exact) mass is 436 g/mol. The van der Waals surface area contributed by atoms with E-state index in [1.165, 1.54) is 0 Å². The SMILES string of the molecule is C=C(N=C1C(C)=CC(C)=C/C1=C(/C)C(=O)Nc1ccc(Cl)cc1)c1ccccc1Cl. The van der Waals surface area contributed by atoms with E-state index in [2.05, 4.69) is 11.9 Å². The molecule has 0 unspecified atom stereocenters. The van der Waals surface area contributed by atoms with E-state index in [1.807, 2.05) is 44.2 Å². The molecule has 0 aromatic heterocycles. The normalized spacial score (nSPS) is 16.6. The van der Waals surface area contributed by atoms with Crippen molar-refractivity contribution in [3.8, 4) is 0 Å². The van der Waals surface area contributed by atoms with E-state index in [-0.39, 0.29) is 5.91 Å². The number of benzene rings is 2. The first-order chi connectivity index (χ1) is 14.3. The first kappa shape index (κ1) is 21.8. The number of aliphatic imine (C=N–C) groups is 1. The van der Waals surface area contributed by atoms with Gasteiger partial charge >= 0.3 is 0 Å². The number of amides is 1. The predicted molar refractivity (Wildman–Crippen MR) is 128 cm³/mol. The van der Waals surface area contributed by atoms with E-state index >= 15 is 0 Å². The van der Waals surface area contributed by atoms with Crippen molar-refractivity contribution in [2.24, 2.45) is 4.99 Å². The van der Waals surface area contributed by atoms with Crippen LogP contribution in [0.25, 0.3) is 5.70 Å². The van der Waals surface area contributed by atoms with E-state index in [1.54, 1.807) is 37.3 Å². The Morgan fingerprint density at radius 1 is 1.00 bits per heavy atom. The summed E-state index contributed by atoms with van der Waals surface area (Å²) in [6.07, 6.45) is 4.00. The molecule has 3 rings (SSSR count). The van der Waals surface area contributed by atoms with Crippen molar-refractivity contribution in [2.45, 2.75) is 20.8 Å². The number of carbonyl (C=O) groups excluding carboxylic acids is 1. The van der Waals surface area contributed by atoms with Crippen molar-refractivity contribution in [1.82, 2.24) is 0 Å². The lowest BCUT2D eigenvalue weighted by Crippen LogP contribution is -2.18. The standard InChI is InChI=1S/C25H22Cl2N2O/c1-15-13-16(2)24(28-18(4)21-7-5-6-8-23(21)27)22(14-15)17(3)25(30)29-20-11-9-19(26)10-12-20/h5-14H,4H2,1-3H3,(H,29,30)/b22-17+,28-24?. The zero-order valence-electron chi connectivity index (χ0n) is 17.1. The first-order valence-corrected chi connectivity index (χ1v) is 10.2. The van der Waals surface area contributed by atoms with Crippen LogP contribution in [0.5, 0.6) is 0 Å². The van der Waals surface area contributed by atoms with Crippen LogP contribution >= 0.6 is 23.2 Å². The van der Waals surface area contributed by atoms with Crippen LogP contribution in [-0.2, 0) is 4.79 Å². The Morgan fingerprint density at radius 3 is 2.33 bits per heavy atom. The second-order valence-electron chi connectivity index (χ2n) is 7.10. The maximum Gasteiger partial charge on any atom is 0.251 e. The summed E-state index contributed by atoms with van der Waals surface area (Å²) in [5.41, 5.74) is 5.99. The second-order valence-corrected chi connectivity index (χ2v) is 7.95. The highest BCUT2D eigenvalue weighted by molar-refractivity contribution is 6.32. The topological polar surface area (TPSA) is 41.5 Å². The lowest BCUT2D eigenvalue weighted by Gasteiger charge is -2.18. The number of carbonyl (C=O) groups is 1. The molecule has 0 aliphatic heterocycles. The molecule has 1 amide bonds. The van der Waals surface area contributed by atoms with Gasteiger partial charge in [0.25, 0.3) is 5.91 Å². The molecule has 0 bridgehead atoms. The Kier molecular flexibility index (Phi) is 6.76. The summed E-state index contributed by atoms with van der Waals surface area (Å²) in [6.45, 7) is 9.85.